The van der Waals surface area contributed by atoms with Crippen molar-refractivity contribution in [2.45, 2.75) is 71.4 Å². The van der Waals surface area contributed by atoms with Gasteiger partial charge in [0.05, 0.1) is 0 Å². The first-order valence-electron chi connectivity index (χ1n) is 7.92. The number of hydrogen-bond acceptors (Lipinski definition) is 2. The van der Waals surface area contributed by atoms with Crippen LogP contribution in [0.1, 0.15) is 60.3 Å². The van der Waals surface area contributed by atoms with Gasteiger partial charge >= 0.3 is 0 Å². The number of amides is 2. The smallest absolute Gasteiger partial charge is 0.249 e. The van der Waals surface area contributed by atoms with Crippen LogP contribution >= 0.6 is 0 Å². The number of rotatable bonds is 5. The van der Waals surface area contributed by atoms with E-state index in [2.05, 4.69) is 19.2 Å². The molecule has 0 aromatic carbocycles. The van der Waals surface area contributed by atoms with Crippen LogP contribution in [0.4, 0.5) is 0 Å². The molecule has 1 unspecified atom stereocenters. The van der Waals surface area contributed by atoms with E-state index in [1.165, 1.54) is 0 Å². The number of piperazine rings is 1. The van der Waals surface area contributed by atoms with Gasteiger partial charge in [-0.3, -0.25) is 9.59 Å². The van der Waals surface area contributed by atoms with Crippen molar-refractivity contribution in [1.29, 1.82) is 0 Å². The molecule has 1 atom stereocenters. The van der Waals surface area contributed by atoms with Crippen LogP contribution in [-0.4, -0.2) is 34.3 Å². The maximum atomic E-state index is 13.0. The van der Waals surface area contributed by atoms with Crippen LogP contribution in [0.25, 0.3) is 0 Å². The van der Waals surface area contributed by atoms with Crippen LogP contribution in [0.3, 0.4) is 0 Å². The Kier molecular flexibility index (Phi) is 3.87. The van der Waals surface area contributed by atoms with Gasteiger partial charge in [0.25, 0.3) is 0 Å². The molecule has 1 aliphatic carbocycles. The van der Waals surface area contributed by atoms with Crippen molar-refractivity contribution < 1.29 is 9.59 Å². The number of carbonyl (C=O) groups is 2. The second kappa shape index (κ2) is 5.05. The fourth-order valence-electron chi connectivity index (χ4n) is 3.15. The Morgan fingerprint density at radius 2 is 1.75 bits per heavy atom. The first-order chi connectivity index (χ1) is 9.27. The van der Waals surface area contributed by atoms with Crippen molar-refractivity contribution >= 4 is 11.8 Å². The zero-order valence-corrected chi connectivity index (χ0v) is 13.5. The quantitative estimate of drug-likeness (QED) is 0.840. The molecule has 1 N–H and O–H groups in total. The van der Waals surface area contributed by atoms with Gasteiger partial charge in [-0.05, 0) is 45.4 Å². The minimum atomic E-state index is -0.742. The summed E-state index contributed by atoms with van der Waals surface area (Å²) in [5.74, 6) is 0.876. The fraction of sp³-hybridized carbons (Fsp3) is 0.875. The highest BCUT2D eigenvalue weighted by molar-refractivity contribution is 6.02. The maximum absolute atomic E-state index is 13.0. The van der Waals surface area contributed by atoms with E-state index >= 15 is 0 Å². The van der Waals surface area contributed by atoms with Crippen LogP contribution in [-0.2, 0) is 9.59 Å². The van der Waals surface area contributed by atoms with Crippen LogP contribution in [0.2, 0.25) is 0 Å². The van der Waals surface area contributed by atoms with Gasteiger partial charge in [-0.15, -0.1) is 0 Å². The zero-order valence-electron chi connectivity index (χ0n) is 13.5. The molecule has 1 saturated carbocycles. The van der Waals surface area contributed by atoms with Crippen LogP contribution in [0.15, 0.2) is 0 Å². The summed E-state index contributed by atoms with van der Waals surface area (Å²) in [4.78, 5) is 27.3. The Balaban J connectivity index is 2.28. The molecule has 2 amide bonds. The molecule has 0 radical (unpaired) electrons. The second-order valence-electron chi connectivity index (χ2n) is 7.09. The molecule has 2 fully saturated rings. The Hall–Kier alpha value is -1.06. The van der Waals surface area contributed by atoms with E-state index in [1.807, 2.05) is 25.7 Å². The van der Waals surface area contributed by atoms with Gasteiger partial charge in [0.15, 0.2) is 0 Å². The maximum Gasteiger partial charge on any atom is 0.249 e. The molecule has 114 valence electrons. The molecular weight excluding hydrogens is 252 g/mol. The summed E-state index contributed by atoms with van der Waals surface area (Å²) >= 11 is 0. The molecule has 1 saturated heterocycles. The van der Waals surface area contributed by atoms with Gasteiger partial charge in [-0.2, -0.15) is 0 Å². The predicted molar refractivity (Wildman–Crippen MR) is 79.1 cm³/mol. The molecule has 0 aromatic rings. The van der Waals surface area contributed by atoms with Crippen molar-refractivity contribution in [2.75, 3.05) is 6.54 Å². The minimum Gasteiger partial charge on any atom is -0.340 e. The van der Waals surface area contributed by atoms with Crippen LogP contribution in [0, 0.1) is 11.8 Å². The summed E-state index contributed by atoms with van der Waals surface area (Å²) in [6, 6.07) is 0. The monoisotopic (exact) mass is 280 g/mol. The van der Waals surface area contributed by atoms with Gasteiger partial charge in [0.1, 0.15) is 11.1 Å². The minimum absolute atomic E-state index is 0.0162. The van der Waals surface area contributed by atoms with Crippen molar-refractivity contribution in [3.63, 3.8) is 0 Å². The Morgan fingerprint density at radius 3 is 2.20 bits per heavy atom. The standard InChI is InChI=1S/C16H28N2O2/c1-6-11(7-2)10-18-14(20)16(5,12-8-9-12)17-13(19)15(18,3)4/h11-12H,6-10H2,1-5H3,(H,17,19). The van der Waals surface area contributed by atoms with Crippen LogP contribution in [0.5, 0.6) is 0 Å². The summed E-state index contributed by atoms with van der Waals surface area (Å²) in [6.45, 7) is 10.6. The van der Waals surface area contributed by atoms with E-state index < -0.39 is 11.1 Å². The Morgan fingerprint density at radius 1 is 1.20 bits per heavy atom. The van der Waals surface area contributed by atoms with E-state index in [9.17, 15) is 9.59 Å². The average Bonchev–Trinajstić information content (AvgIpc) is 3.22. The largest absolute Gasteiger partial charge is 0.340 e. The molecule has 1 heterocycles. The Bertz CT molecular complexity index is 411. The van der Waals surface area contributed by atoms with Gasteiger partial charge in [0, 0.05) is 6.54 Å². The molecule has 0 aromatic heterocycles. The van der Waals surface area contributed by atoms with Gasteiger partial charge in [0.2, 0.25) is 11.8 Å². The number of nitrogens with one attached hydrogen (secondary N) is 1. The SMILES string of the molecule is CCC(CC)CN1C(=O)C(C)(C2CC2)NC(=O)C1(C)C. The van der Waals surface area contributed by atoms with Crippen molar-refractivity contribution in [3.8, 4) is 0 Å². The third-order valence-corrected chi connectivity index (χ3v) is 5.28. The first-order valence-corrected chi connectivity index (χ1v) is 7.92. The lowest BCUT2D eigenvalue weighted by Crippen LogP contribution is -2.74. The Labute approximate surface area is 122 Å². The number of carbonyl (C=O) groups excluding carboxylic acids is 2. The van der Waals surface area contributed by atoms with Crippen molar-refractivity contribution in [2.24, 2.45) is 11.8 Å². The summed E-state index contributed by atoms with van der Waals surface area (Å²) in [5, 5.41) is 3.00. The molecule has 0 spiro atoms. The lowest BCUT2D eigenvalue weighted by Gasteiger charge is -2.50. The van der Waals surface area contributed by atoms with E-state index in [0.717, 1.165) is 25.7 Å². The van der Waals surface area contributed by atoms with Crippen molar-refractivity contribution in [1.82, 2.24) is 10.2 Å². The summed E-state index contributed by atoms with van der Waals surface area (Å²) < 4.78 is 0. The molecule has 1 aliphatic heterocycles. The first kappa shape index (κ1) is 15.3. The third kappa shape index (κ3) is 2.33. The molecule has 20 heavy (non-hydrogen) atoms. The summed E-state index contributed by atoms with van der Waals surface area (Å²) in [6.07, 6.45) is 4.17. The molecule has 4 heteroatoms. The summed E-state index contributed by atoms with van der Waals surface area (Å²) in [7, 11) is 0. The molecule has 2 rings (SSSR count). The molecule has 2 aliphatic rings. The third-order valence-electron chi connectivity index (χ3n) is 5.28. The highest BCUT2D eigenvalue weighted by Gasteiger charge is 2.57. The number of hydrogen-bond donors (Lipinski definition) is 1. The van der Waals surface area contributed by atoms with Gasteiger partial charge in [-0.25, -0.2) is 0 Å². The summed E-state index contributed by atoms with van der Waals surface area (Å²) in [5.41, 5.74) is -1.42. The highest BCUT2D eigenvalue weighted by Crippen LogP contribution is 2.43. The lowest BCUT2D eigenvalue weighted by atomic mass is 9.84. The zero-order chi connectivity index (χ0) is 15.1. The normalized spacial score (nSPS) is 29.8. The number of nitrogens with zero attached hydrogens (tertiary/aromatic N) is 1. The average molecular weight is 280 g/mol. The van der Waals surface area contributed by atoms with E-state index in [1.54, 1.807) is 0 Å². The molecular formula is C16H28N2O2. The predicted octanol–water partition coefficient (Wildman–Crippen LogP) is 2.33. The molecule has 4 nitrogen and oxygen atoms in total. The second-order valence-corrected chi connectivity index (χ2v) is 7.09. The van der Waals surface area contributed by atoms with Gasteiger partial charge in [-0.1, -0.05) is 26.7 Å². The lowest BCUT2D eigenvalue weighted by molar-refractivity contribution is -0.162. The van der Waals surface area contributed by atoms with Crippen LogP contribution < -0.4 is 5.32 Å². The topological polar surface area (TPSA) is 49.4 Å². The van der Waals surface area contributed by atoms with E-state index in [4.69, 9.17) is 0 Å². The fourth-order valence-corrected chi connectivity index (χ4v) is 3.15. The van der Waals surface area contributed by atoms with E-state index in [0.29, 0.717) is 18.4 Å². The van der Waals surface area contributed by atoms with E-state index in [-0.39, 0.29) is 11.8 Å². The van der Waals surface area contributed by atoms with Gasteiger partial charge < -0.3 is 10.2 Å². The van der Waals surface area contributed by atoms with Crippen molar-refractivity contribution in [3.05, 3.63) is 0 Å². The highest BCUT2D eigenvalue weighted by atomic mass is 16.2. The molecule has 0 bridgehead atoms.